The van der Waals surface area contributed by atoms with Crippen LogP contribution in [-0.4, -0.2) is 65.8 Å². The summed E-state index contributed by atoms with van der Waals surface area (Å²) in [4.78, 5) is 40.5. The third-order valence-corrected chi connectivity index (χ3v) is 4.93. The summed E-state index contributed by atoms with van der Waals surface area (Å²) >= 11 is 5.88. The van der Waals surface area contributed by atoms with Crippen LogP contribution in [-0.2, 0) is 20.8 Å². The van der Waals surface area contributed by atoms with Gasteiger partial charge in [0.2, 0.25) is 17.7 Å². The minimum atomic E-state index is -0.600. The molecule has 0 saturated carbocycles. The van der Waals surface area contributed by atoms with Crippen molar-refractivity contribution in [1.29, 1.82) is 0 Å². The highest BCUT2D eigenvalue weighted by Gasteiger charge is 2.44. The average molecular weight is 366 g/mol. The Bertz CT molecular complexity index is 679. The van der Waals surface area contributed by atoms with E-state index in [0.29, 0.717) is 37.5 Å². The van der Waals surface area contributed by atoms with Gasteiger partial charge in [0.15, 0.2) is 0 Å². The number of rotatable bonds is 4. The van der Waals surface area contributed by atoms with Gasteiger partial charge in [0.1, 0.15) is 12.1 Å². The molecule has 0 aromatic heterocycles. The maximum absolute atomic E-state index is 12.8. The van der Waals surface area contributed by atoms with Crippen molar-refractivity contribution < 1.29 is 20.1 Å². The van der Waals surface area contributed by atoms with E-state index >= 15 is 0 Å². The minimum Gasteiger partial charge on any atom is -0.357 e. The van der Waals surface area contributed by atoms with Crippen LogP contribution in [0.3, 0.4) is 0 Å². The molecule has 1 aromatic rings. The molecule has 0 radical (unpaired) electrons. The van der Waals surface area contributed by atoms with E-state index in [1.54, 1.807) is 21.9 Å². The van der Waals surface area contributed by atoms with Crippen LogP contribution in [0.2, 0.25) is 5.02 Å². The summed E-state index contributed by atoms with van der Waals surface area (Å²) in [5.41, 5.74) is 4.62. The first-order valence-electron chi connectivity index (χ1n) is 8.42. The summed E-state index contributed by atoms with van der Waals surface area (Å²) in [6.07, 6.45) is 0.788. The van der Waals surface area contributed by atoms with E-state index in [-0.39, 0.29) is 24.3 Å². The number of hydrogen-bond acceptors (Lipinski definition) is 3. The Balaban J connectivity index is 1.68. The van der Waals surface area contributed by atoms with E-state index in [1.807, 2.05) is 12.1 Å². The highest BCUT2D eigenvalue weighted by Crippen LogP contribution is 2.19. The maximum atomic E-state index is 12.8. The van der Waals surface area contributed by atoms with Crippen molar-refractivity contribution in [2.24, 2.45) is 0 Å². The standard InChI is InChI=1S/C17H21ClN4O3/c18-12-3-1-11(2-4-12)9-13-17(25)22-8-7-21(15(23)5-6-19)10-14(22)16(24)20-13/h1-4,13-14H,5-10,19H2,(H,20,24)/p+1/t13-,14+/m1/s1. The van der Waals surface area contributed by atoms with Gasteiger partial charge in [-0.05, 0) is 17.7 Å². The van der Waals surface area contributed by atoms with Gasteiger partial charge >= 0.3 is 0 Å². The summed E-state index contributed by atoms with van der Waals surface area (Å²) in [6, 6.07) is 6.05. The Labute approximate surface area is 151 Å². The molecule has 1 aromatic carbocycles. The van der Waals surface area contributed by atoms with Crippen molar-refractivity contribution in [2.45, 2.75) is 24.9 Å². The van der Waals surface area contributed by atoms with E-state index in [2.05, 4.69) is 11.1 Å². The molecule has 0 aliphatic carbocycles. The molecule has 2 atom stereocenters. The molecule has 4 N–H and O–H groups in total. The molecule has 2 saturated heterocycles. The number of carbonyl (C=O) groups excluding carboxylic acids is 3. The van der Waals surface area contributed by atoms with Crippen molar-refractivity contribution in [2.75, 3.05) is 26.2 Å². The average Bonchev–Trinajstić information content (AvgIpc) is 2.61. The van der Waals surface area contributed by atoms with Gasteiger partial charge in [0, 0.05) is 24.5 Å². The maximum Gasteiger partial charge on any atom is 0.246 e. The summed E-state index contributed by atoms with van der Waals surface area (Å²) in [6.45, 7) is 1.63. The minimum absolute atomic E-state index is 0.0156. The molecule has 0 bridgehead atoms. The second kappa shape index (κ2) is 7.41. The molecule has 2 aliphatic rings. The third kappa shape index (κ3) is 3.77. The molecule has 25 heavy (non-hydrogen) atoms. The Morgan fingerprint density at radius 1 is 1.24 bits per heavy atom. The molecule has 2 fully saturated rings. The molecule has 3 amide bonds. The molecule has 134 valence electrons. The molecule has 8 heteroatoms. The molecule has 2 aliphatic heterocycles. The number of fused-ring (bicyclic) bond motifs is 1. The summed E-state index contributed by atoms with van der Waals surface area (Å²) in [5.74, 6) is -0.312. The Morgan fingerprint density at radius 3 is 2.64 bits per heavy atom. The lowest BCUT2D eigenvalue weighted by Gasteiger charge is -2.45. The van der Waals surface area contributed by atoms with Crippen LogP contribution in [0.4, 0.5) is 0 Å². The SMILES string of the molecule is [NH3+]CCC(=O)N1CCN2C(=O)[C@@H](Cc3ccc(Cl)cc3)NC(=O)[C@@H]2C1. The number of quaternary nitrogens is 1. The van der Waals surface area contributed by atoms with Crippen molar-refractivity contribution in [1.82, 2.24) is 15.1 Å². The number of piperazine rings is 2. The lowest BCUT2D eigenvalue weighted by molar-refractivity contribution is -0.366. The van der Waals surface area contributed by atoms with E-state index in [4.69, 9.17) is 11.6 Å². The fourth-order valence-corrected chi connectivity index (χ4v) is 3.46. The van der Waals surface area contributed by atoms with Crippen LogP contribution >= 0.6 is 11.6 Å². The van der Waals surface area contributed by atoms with Crippen LogP contribution in [0.1, 0.15) is 12.0 Å². The predicted octanol–water partition coefficient (Wildman–Crippen LogP) is -0.948. The van der Waals surface area contributed by atoms with Crippen LogP contribution in [0.5, 0.6) is 0 Å². The number of halogens is 1. The molecule has 0 unspecified atom stereocenters. The Kier molecular flexibility index (Phi) is 5.24. The quantitative estimate of drug-likeness (QED) is 0.720. The van der Waals surface area contributed by atoms with E-state index in [9.17, 15) is 14.4 Å². The summed E-state index contributed by atoms with van der Waals surface area (Å²) in [5, 5.41) is 3.44. The second-order valence-electron chi connectivity index (χ2n) is 6.38. The van der Waals surface area contributed by atoms with Crippen LogP contribution in [0, 0.1) is 0 Å². The monoisotopic (exact) mass is 365 g/mol. The summed E-state index contributed by atoms with van der Waals surface area (Å²) < 4.78 is 0. The predicted molar refractivity (Wildman–Crippen MR) is 91.5 cm³/mol. The molecular formula is C17H22ClN4O3+. The zero-order valence-electron chi connectivity index (χ0n) is 13.9. The van der Waals surface area contributed by atoms with Crippen molar-refractivity contribution in [3.05, 3.63) is 34.9 Å². The van der Waals surface area contributed by atoms with E-state index in [1.165, 1.54) is 0 Å². The molecule has 2 heterocycles. The smallest absolute Gasteiger partial charge is 0.246 e. The van der Waals surface area contributed by atoms with Gasteiger partial charge in [-0.2, -0.15) is 0 Å². The normalized spacial score (nSPS) is 23.3. The zero-order valence-corrected chi connectivity index (χ0v) is 14.7. The summed E-state index contributed by atoms with van der Waals surface area (Å²) in [7, 11) is 0. The van der Waals surface area contributed by atoms with Gasteiger partial charge in [0.05, 0.1) is 19.5 Å². The second-order valence-corrected chi connectivity index (χ2v) is 6.82. The van der Waals surface area contributed by atoms with Crippen LogP contribution in [0.25, 0.3) is 0 Å². The van der Waals surface area contributed by atoms with Gasteiger partial charge in [-0.1, -0.05) is 23.7 Å². The molecular weight excluding hydrogens is 344 g/mol. The fraction of sp³-hybridized carbons (Fsp3) is 0.471. The molecule has 3 rings (SSSR count). The Hall–Kier alpha value is -2.12. The largest absolute Gasteiger partial charge is 0.357 e. The fourth-order valence-electron chi connectivity index (χ4n) is 3.33. The number of hydrogen-bond donors (Lipinski definition) is 2. The van der Waals surface area contributed by atoms with Gasteiger partial charge in [-0.15, -0.1) is 0 Å². The lowest BCUT2D eigenvalue weighted by atomic mass is 9.98. The van der Waals surface area contributed by atoms with Crippen molar-refractivity contribution in [3.8, 4) is 0 Å². The van der Waals surface area contributed by atoms with Crippen molar-refractivity contribution >= 4 is 29.3 Å². The topological polar surface area (TPSA) is 97.4 Å². The van der Waals surface area contributed by atoms with Gasteiger partial charge < -0.3 is 20.9 Å². The van der Waals surface area contributed by atoms with Gasteiger partial charge in [-0.3, -0.25) is 14.4 Å². The highest BCUT2D eigenvalue weighted by molar-refractivity contribution is 6.30. The number of benzene rings is 1. The Morgan fingerprint density at radius 2 is 1.96 bits per heavy atom. The first kappa shape index (κ1) is 17.7. The molecule has 7 nitrogen and oxygen atoms in total. The highest BCUT2D eigenvalue weighted by atomic mass is 35.5. The number of nitrogens with zero attached hydrogens (tertiary/aromatic N) is 2. The molecule has 0 spiro atoms. The number of nitrogens with one attached hydrogen (secondary N) is 1. The third-order valence-electron chi connectivity index (χ3n) is 4.68. The van der Waals surface area contributed by atoms with E-state index < -0.39 is 12.1 Å². The van der Waals surface area contributed by atoms with Gasteiger partial charge in [-0.25, -0.2) is 0 Å². The van der Waals surface area contributed by atoms with Crippen LogP contribution < -0.4 is 11.1 Å². The zero-order chi connectivity index (χ0) is 18.0. The lowest BCUT2D eigenvalue weighted by Crippen LogP contribution is -2.70. The first-order valence-corrected chi connectivity index (χ1v) is 8.79. The van der Waals surface area contributed by atoms with E-state index in [0.717, 1.165) is 5.56 Å². The van der Waals surface area contributed by atoms with Crippen molar-refractivity contribution in [3.63, 3.8) is 0 Å². The first-order chi connectivity index (χ1) is 12.0. The number of amides is 3. The van der Waals surface area contributed by atoms with Gasteiger partial charge in [0.25, 0.3) is 0 Å². The number of carbonyl (C=O) groups is 3. The van der Waals surface area contributed by atoms with Crippen LogP contribution in [0.15, 0.2) is 24.3 Å².